The van der Waals surface area contributed by atoms with Crippen molar-refractivity contribution in [3.8, 4) is 16.9 Å². The van der Waals surface area contributed by atoms with Crippen molar-refractivity contribution in [2.24, 2.45) is 11.8 Å². The van der Waals surface area contributed by atoms with Gasteiger partial charge in [0.05, 0.1) is 7.11 Å². The van der Waals surface area contributed by atoms with Crippen LogP contribution in [0.2, 0.25) is 0 Å². The molecule has 6 rings (SSSR count). The number of amides is 2. The van der Waals surface area contributed by atoms with Crippen LogP contribution >= 0.6 is 0 Å². The van der Waals surface area contributed by atoms with Gasteiger partial charge in [-0.1, -0.05) is 61.7 Å². The lowest BCUT2D eigenvalue weighted by Crippen LogP contribution is -2.38. The van der Waals surface area contributed by atoms with Gasteiger partial charge in [0.25, 0.3) is 5.91 Å². The summed E-state index contributed by atoms with van der Waals surface area (Å²) in [6.07, 6.45) is 16.6. The third-order valence-corrected chi connectivity index (χ3v) is 10.6. The van der Waals surface area contributed by atoms with Crippen LogP contribution in [0.25, 0.3) is 17.2 Å². The van der Waals surface area contributed by atoms with E-state index in [0.29, 0.717) is 13.1 Å². The number of hydrogen-bond acceptors (Lipinski definition) is 5. The SMILES string of the molecule is COc1ccc(/C=C/C(=O)N(CCc2ccncc2)Cc2cccc(-c3cccc(C(=O)N4CCC(CCCC5CCNCC5)CC4)c3)c2)cc1. The van der Waals surface area contributed by atoms with E-state index < -0.39 is 0 Å². The van der Waals surface area contributed by atoms with E-state index >= 15 is 0 Å². The minimum absolute atomic E-state index is 0.0524. The second-order valence-corrected chi connectivity index (χ2v) is 14.1. The van der Waals surface area contributed by atoms with Crippen molar-refractivity contribution in [2.75, 3.05) is 39.8 Å². The molecule has 3 aromatic carbocycles. The van der Waals surface area contributed by atoms with Crippen molar-refractivity contribution in [1.82, 2.24) is 20.1 Å². The number of pyridine rings is 1. The van der Waals surface area contributed by atoms with Gasteiger partial charge in [0, 0.05) is 50.2 Å². The molecule has 2 aliphatic heterocycles. The van der Waals surface area contributed by atoms with Crippen LogP contribution in [0.1, 0.15) is 72.0 Å². The number of nitrogens with zero attached hydrogens (tertiary/aromatic N) is 3. The number of hydrogen-bond donors (Lipinski definition) is 1. The van der Waals surface area contributed by atoms with Gasteiger partial charge >= 0.3 is 0 Å². The van der Waals surface area contributed by atoms with Gasteiger partial charge in [-0.15, -0.1) is 0 Å². The molecule has 2 amide bonds. The van der Waals surface area contributed by atoms with E-state index in [0.717, 1.165) is 83.3 Å². The molecular formula is C44H52N4O3. The highest BCUT2D eigenvalue weighted by atomic mass is 16.5. The fourth-order valence-electron chi connectivity index (χ4n) is 7.44. The van der Waals surface area contributed by atoms with Crippen molar-refractivity contribution in [3.05, 3.63) is 126 Å². The molecule has 0 bridgehead atoms. The summed E-state index contributed by atoms with van der Waals surface area (Å²) < 4.78 is 5.27. The Morgan fingerprint density at radius 1 is 0.843 bits per heavy atom. The van der Waals surface area contributed by atoms with E-state index in [-0.39, 0.29) is 11.8 Å². The van der Waals surface area contributed by atoms with Crippen LogP contribution < -0.4 is 10.1 Å². The molecule has 0 spiro atoms. The van der Waals surface area contributed by atoms with Crippen LogP contribution in [-0.2, 0) is 17.8 Å². The fourth-order valence-corrected chi connectivity index (χ4v) is 7.44. The summed E-state index contributed by atoms with van der Waals surface area (Å²) in [4.78, 5) is 35.3. The zero-order valence-corrected chi connectivity index (χ0v) is 30.0. The molecule has 1 N–H and O–H groups in total. The van der Waals surface area contributed by atoms with Gasteiger partial charge < -0.3 is 19.9 Å². The van der Waals surface area contributed by atoms with E-state index in [1.165, 1.54) is 45.2 Å². The summed E-state index contributed by atoms with van der Waals surface area (Å²) in [5, 5.41) is 3.47. The Hall–Kier alpha value is -4.75. The van der Waals surface area contributed by atoms with Crippen LogP contribution in [0.4, 0.5) is 0 Å². The van der Waals surface area contributed by atoms with Crippen molar-refractivity contribution in [3.63, 3.8) is 0 Å². The number of carbonyl (C=O) groups excluding carboxylic acids is 2. The van der Waals surface area contributed by atoms with Crippen molar-refractivity contribution in [1.29, 1.82) is 0 Å². The average Bonchev–Trinajstić information content (AvgIpc) is 3.19. The Kier molecular flexibility index (Phi) is 13.1. The van der Waals surface area contributed by atoms with E-state index in [9.17, 15) is 9.59 Å². The smallest absolute Gasteiger partial charge is 0.253 e. The molecule has 0 radical (unpaired) electrons. The van der Waals surface area contributed by atoms with Gasteiger partial charge in [0.15, 0.2) is 0 Å². The minimum Gasteiger partial charge on any atom is -0.497 e. The molecule has 0 saturated carbocycles. The second kappa shape index (κ2) is 18.5. The first-order valence-electron chi connectivity index (χ1n) is 18.7. The van der Waals surface area contributed by atoms with Crippen LogP contribution in [0.5, 0.6) is 5.75 Å². The molecular weight excluding hydrogens is 633 g/mol. The van der Waals surface area contributed by atoms with Gasteiger partial charge in [0.1, 0.15) is 5.75 Å². The zero-order chi connectivity index (χ0) is 35.3. The Morgan fingerprint density at radius 3 is 2.25 bits per heavy atom. The lowest BCUT2D eigenvalue weighted by molar-refractivity contribution is -0.126. The number of likely N-dealkylation sites (tertiary alicyclic amines) is 1. The lowest BCUT2D eigenvalue weighted by Gasteiger charge is -2.32. The van der Waals surface area contributed by atoms with Crippen LogP contribution in [0.15, 0.2) is 103 Å². The van der Waals surface area contributed by atoms with Crippen LogP contribution in [-0.4, -0.2) is 66.4 Å². The Labute approximate surface area is 303 Å². The van der Waals surface area contributed by atoms with Gasteiger partial charge in [0.2, 0.25) is 5.91 Å². The van der Waals surface area contributed by atoms with Crippen molar-refractivity contribution >= 4 is 17.9 Å². The lowest BCUT2D eigenvalue weighted by atomic mass is 9.87. The third kappa shape index (κ3) is 10.6. The molecule has 2 fully saturated rings. The van der Waals surface area contributed by atoms with Crippen LogP contribution in [0, 0.1) is 11.8 Å². The first kappa shape index (κ1) is 36.1. The maximum Gasteiger partial charge on any atom is 0.253 e. The number of rotatable bonds is 14. The molecule has 7 heteroatoms. The summed E-state index contributed by atoms with van der Waals surface area (Å²) in [6.45, 7) is 5.07. The maximum absolute atomic E-state index is 13.6. The molecule has 2 aliphatic rings. The summed E-state index contributed by atoms with van der Waals surface area (Å²) in [7, 11) is 1.64. The average molecular weight is 685 g/mol. The number of carbonyl (C=O) groups is 2. The zero-order valence-electron chi connectivity index (χ0n) is 30.0. The van der Waals surface area contributed by atoms with E-state index in [2.05, 4.69) is 34.6 Å². The summed E-state index contributed by atoms with van der Waals surface area (Å²) in [6, 6.07) is 28.0. The van der Waals surface area contributed by atoms with Crippen molar-refractivity contribution < 1.29 is 14.3 Å². The molecule has 7 nitrogen and oxygen atoms in total. The molecule has 0 unspecified atom stereocenters. The van der Waals surface area contributed by atoms with Gasteiger partial charge in [-0.05, 0) is 133 Å². The Balaban J connectivity index is 1.08. The predicted octanol–water partition coefficient (Wildman–Crippen LogP) is 8.06. The van der Waals surface area contributed by atoms with E-state index in [1.54, 1.807) is 25.6 Å². The number of nitrogens with one attached hydrogen (secondary N) is 1. The molecule has 4 aromatic rings. The maximum atomic E-state index is 13.6. The predicted molar refractivity (Wildman–Crippen MR) is 205 cm³/mol. The third-order valence-electron chi connectivity index (χ3n) is 10.6. The number of ether oxygens (including phenoxy) is 1. The Bertz CT molecular complexity index is 1720. The molecule has 3 heterocycles. The molecule has 2 saturated heterocycles. The van der Waals surface area contributed by atoms with Gasteiger partial charge in [-0.25, -0.2) is 0 Å². The summed E-state index contributed by atoms with van der Waals surface area (Å²) in [5.74, 6) is 2.48. The minimum atomic E-state index is -0.0524. The summed E-state index contributed by atoms with van der Waals surface area (Å²) in [5.41, 5.74) is 5.87. The molecule has 0 atom stereocenters. The van der Waals surface area contributed by atoms with E-state index in [4.69, 9.17) is 4.74 Å². The second-order valence-electron chi connectivity index (χ2n) is 14.1. The standard InChI is InChI=1S/C44H52N4O3/c1-51-42-14-11-36(12-15-42)13-16-43(49)48(30-23-37-19-26-46-27-20-37)33-38-7-3-8-39(31-38)40-9-4-10-41(32-40)44(50)47-28-21-35(22-29-47)6-2-5-34-17-24-45-25-18-34/h3-4,7-16,19-20,26-27,31-32,34-35,45H,2,5-6,17-18,21-25,28-30,33H2,1H3/b16-13+. The van der Waals surface area contributed by atoms with E-state index in [1.807, 2.05) is 76.5 Å². The molecule has 1 aromatic heterocycles. The number of benzene rings is 3. The highest BCUT2D eigenvalue weighted by molar-refractivity contribution is 5.95. The number of piperidine rings is 2. The quantitative estimate of drug-likeness (QED) is 0.136. The number of aromatic nitrogens is 1. The van der Waals surface area contributed by atoms with Gasteiger partial charge in [-0.2, -0.15) is 0 Å². The van der Waals surface area contributed by atoms with Crippen LogP contribution in [0.3, 0.4) is 0 Å². The topological polar surface area (TPSA) is 74.8 Å². The molecule has 0 aliphatic carbocycles. The fraction of sp³-hybridized carbons (Fsp3) is 0.386. The first-order chi connectivity index (χ1) is 25.0. The largest absolute Gasteiger partial charge is 0.497 e. The highest BCUT2D eigenvalue weighted by Gasteiger charge is 2.24. The first-order valence-corrected chi connectivity index (χ1v) is 18.7. The summed E-state index contributed by atoms with van der Waals surface area (Å²) >= 11 is 0. The Morgan fingerprint density at radius 2 is 1.53 bits per heavy atom. The monoisotopic (exact) mass is 684 g/mol. The normalized spacial score (nSPS) is 15.6. The van der Waals surface area contributed by atoms with Gasteiger partial charge in [-0.3, -0.25) is 14.6 Å². The number of methoxy groups -OCH3 is 1. The van der Waals surface area contributed by atoms with Crippen molar-refractivity contribution in [2.45, 2.75) is 57.9 Å². The molecule has 266 valence electrons. The molecule has 51 heavy (non-hydrogen) atoms. The highest BCUT2D eigenvalue weighted by Crippen LogP contribution is 2.28.